The molecule has 0 bridgehead atoms. The van der Waals surface area contributed by atoms with Gasteiger partial charge in [0.25, 0.3) is 0 Å². The highest BCUT2D eigenvalue weighted by Gasteiger charge is 2.30. The first-order chi connectivity index (χ1) is 10.0. The third-order valence-corrected chi connectivity index (χ3v) is 3.83. The molecule has 1 fully saturated rings. The minimum absolute atomic E-state index is 0.00184. The van der Waals surface area contributed by atoms with Crippen LogP contribution in [-0.2, 0) is 11.2 Å². The zero-order chi connectivity index (χ0) is 15.3. The average Bonchev–Trinajstić information content (AvgIpc) is 2.44. The molecule has 0 saturated carbocycles. The van der Waals surface area contributed by atoms with E-state index in [0.717, 1.165) is 30.9 Å². The summed E-state index contributed by atoms with van der Waals surface area (Å²) in [5, 5.41) is 14.9. The topological polar surface area (TPSA) is 68.2 Å². The standard InChI is InChI=1S/C16H22N4O/c1-16(2)12-18-9-10-20(16)11-15(21)19-14-5-3-13(4-6-14)7-8-17/h3-6,18H,7,9-12H2,1-2H3,(H,19,21). The van der Waals surface area contributed by atoms with Gasteiger partial charge in [-0.2, -0.15) is 5.26 Å². The molecular weight excluding hydrogens is 264 g/mol. The van der Waals surface area contributed by atoms with Crippen molar-refractivity contribution < 1.29 is 4.79 Å². The van der Waals surface area contributed by atoms with Crippen LogP contribution in [-0.4, -0.2) is 42.5 Å². The number of anilines is 1. The Bertz CT molecular complexity index is 530. The Labute approximate surface area is 125 Å². The fraction of sp³-hybridized carbons (Fsp3) is 0.500. The maximum atomic E-state index is 12.2. The van der Waals surface area contributed by atoms with Gasteiger partial charge in [-0.3, -0.25) is 9.69 Å². The molecule has 0 aromatic heterocycles. The summed E-state index contributed by atoms with van der Waals surface area (Å²) in [4.78, 5) is 14.4. The SMILES string of the molecule is CC1(C)CNCCN1CC(=O)Nc1ccc(CC#N)cc1. The molecule has 0 unspecified atom stereocenters. The summed E-state index contributed by atoms with van der Waals surface area (Å²) in [5.41, 5.74) is 1.72. The van der Waals surface area contributed by atoms with Crippen molar-refractivity contribution in [3.05, 3.63) is 29.8 Å². The predicted octanol–water partition coefficient (Wildman–Crippen LogP) is 1.37. The van der Waals surface area contributed by atoms with Gasteiger partial charge in [0.2, 0.25) is 5.91 Å². The number of piperazine rings is 1. The molecule has 0 radical (unpaired) electrons. The van der Waals surface area contributed by atoms with E-state index >= 15 is 0 Å². The number of hydrogen-bond acceptors (Lipinski definition) is 4. The Morgan fingerprint density at radius 2 is 2.14 bits per heavy atom. The van der Waals surface area contributed by atoms with Crippen LogP contribution in [0.3, 0.4) is 0 Å². The lowest BCUT2D eigenvalue weighted by Gasteiger charge is -2.42. The van der Waals surface area contributed by atoms with Gasteiger partial charge in [-0.25, -0.2) is 0 Å². The molecule has 21 heavy (non-hydrogen) atoms. The quantitative estimate of drug-likeness (QED) is 0.877. The lowest BCUT2D eigenvalue weighted by atomic mass is 10.0. The lowest BCUT2D eigenvalue weighted by molar-refractivity contribution is -0.119. The first-order valence-electron chi connectivity index (χ1n) is 7.23. The number of hydrogen-bond donors (Lipinski definition) is 2. The first kappa shape index (κ1) is 15.5. The van der Waals surface area contributed by atoms with Crippen LogP contribution < -0.4 is 10.6 Å². The number of carbonyl (C=O) groups is 1. The van der Waals surface area contributed by atoms with E-state index < -0.39 is 0 Å². The molecular formula is C16H22N4O. The fourth-order valence-corrected chi connectivity index (χ4v) is 2.49. The van der Waals surface area contributed by atoms with Gasteiger partial charge in [-0.15, -0.1) is 0 Å². The van der Waals surface area contributed by atoms with Gasteiger partial charge in [0.1, 0.15) is 0 Å². The van der Waals surface area contributed by atoms with Gasteiger partial charge in [0.05, 0.1) is 19.0 Å². The molecule has 1 saturated heterocycles. The van der Waals surface area contributed by atoms with Crippen molar-refractivity contribution in [3.63, 3.8) is 0 Å². The first-order valence-corrected chi connectivity index (χ1v) is 7.23. The zero-order valence-corrected chi connectivity index (χ0v) is 12.6. The molecule has 1 aliphatic heterocycles. The van der Waals surface area contributed by atoms with Crippen LogP contribution in [0.4, 0.5) is 5.69 Å². The highest BCUT2D eigenvalue weighted by atomic mass is 16.2. The number of nitrogens with zero attached hydrogens (tertiary/aromatic N) is 2. The van der Waals surface area contributed by atoms with Crippen LogP contribution in [0.5, 0.6) is 0 Å². The molecule has 5 nitrogen and oxygen atoms in total. The summed E-state index contributed by atoms with van der Waals surface area (Å²) < 4.78 is 0. The minimum Gasteiger partial charge on any atom is -0.325 e. The lowest BCUT2D eigenvalue weighted by Crippen LogP contribution is -2.59. The van der Waals surface area contributed by atoms with Crippen molar-refractivity contribution in [1.29, 1.82) is 5.26 Å². The molecule has 1 aromatic carbocycles. The number of benzene rings is 1. The minimum atomic E-state index is -0.00770. The van der Waals surface area contributed by atoms with E-state index in [1.807, 2.05) is 24.3 Å². The molecule has 1 heterocycles. The van der Waals surface area contributed by atoms with Crippen LogP contribution in [0.25, 0.3) is 0 Å². The van der Waals surface area contributed by atoms with Gasteiger partial charge < -0.3 is 10.6 Å². The summed E-state index contributed by atoms with van der Waals surface area (Å²) in [7, 11) is 0. The number of nitriles is 1. The second-order valence-corrected chi connectivity index (χ2v) is 5.99. The van der Waals surface area contributed by atoms with Gasteiger partial charge in [0, 0.05) is 30.9 Å². The predicted molar refractivity (Wildman–Crippen MR) is 82.9 cm³/mol. The Balaban J connectivity index is 1.91. The van der Waals surface area contributed by atoms with E-state index in [9.17, 15) is 4.79 Å². The number of amides is 1. The highest BCUT2D eigenvalue weighted by Crippen LogP contribution is 2.16. The second-order valence-electron chi connectivity index (χ2n) is 5.99. The Hall–Kier alpha value is -1.90. The van der Waals surface area contributed by atoms with E-state index in [0.29, 0.717) is 13.0 Å². The molecule has 1 aliphatic rings. The van der Waals surface area contributed by atoms with Gasteiger partial charge in [-0.1, -0.05) is 12.1 Å². The maximum Gasteiger partial charge on any atom is 0.238 e. The van der Waals surface area contributed by atoms with Crippen molar-refractivity contribution in [3.8, 4) is 6.07 Å². The van der Waals surface area contributed by atoms with Crippen molar-refractivity contribution >= 4 is 11.6 Å². The fourth-order valence-electron chi connectivity index (χ4n) is 2.49. The molecule has 2 rings (SSSR count). The summed E-state index contributed by atoms with van der Waals surface area (Å²) >= 11 is 0. The van der Waals surface area contributed by atoms with E-state index in [1.54, 1.807) is 0 Å². The third kappa shape index (κ3) is 4.28. The van der Waals surface area contributed by atoms with Crippen LogP contribution in [0.15, 0.2) is 24.3 Å². The molecule has 0 spiro atoms. The largest absolute Gasteiger partial charge is 0.325 e. The molecule has 0 aliphatic carbocycles. The van der Waals surface area contributed by atoms with E-state index in [-0.39, 0.29) is 11.4 Å². The van der Waals surface area contributed by atoms with E-state index in [4.69, 9.17) is 5.26 Å². The highest BCUT2D eigenvalue weighted by molar-refractivity contribution is 5.92. The molecule has 1 amide bonds. The van der Waals surface area contributed by atoms with Crippen molar-refractivity contribution in [2.75, 3.05) is 31.5 Å². The van der Waals surface area contributed by atoms with Crippen LogP contribution in [0, 0.1) is 11.3 Å². The summed E-state index contributed by atoms with van der Waals surface area (Å²) in [5.74, 6) is -0.00184. The Morgan fingerprint density at radius 1 is 1.43 bits per heavy atom. The van der Waals surface area contributed by atoms with Crippen molar-refractivity contribution in [2.24, 2.45) is 0 Å². The summed E-state index contributed by atoms with van der Waals surface area (Å²) in [6.45, 7) is 7.37. The van der Waals surface area contributed by atoms with Crippen LogP contribution in [0.2, 0.25) is 0 Å². The monoisotopic (exact) mass is 286 g/mol. The molecule has 5 heteroatoms. The maximum absolute atomic E-state index is 12.2. The average molecular weight is 286 g/mol. The smallest absolute Gasteiger partial charge is 0.238 e. The molecule has 1 aromatic rings. The van der Waals surface area contributed by atoms with E-state index in [1.165, 1.54) is 0 Å². The third-order valence-electron chi connectivity index (χ3n) is 3.83. The number of carbonyl (C=O) groups excluding carboxylic acids is 1. The number of nitrogens with one attached hydrogen (secondary N) is 2. The Morgan fingerprint density at radius 3 is 2.76 bits per heavy atom. The van der Waals surface area contributed by atoms with Gasteiger partial charge >= 0.3 is 0 Å². The van der Waals surface area contributed by atoms with Gasteiger partial charge in [-0.05, 0) is 31.5 Å². The van der Waals surface area contributed by atoms with Crippen molar-refractivity contribution in [1.82, 2.24) is 10.2 Å². The van der Waals surface area contributed by atoms with E-state index in [2.05, 4.69) is 35.5 Å². The molecule has 0 atom stereocenters. The normalized spacial score (nSPS) is 18.0. The van der Waals surface area contributed by atoms with Crippen LogP contribution in [0.1, 0.15) is 19.4 Å². The molecule has 112 valence electrons. The number of rotatable bonds is 4. The second kappa shape index (κ2) is 6.70. The summed E-state index contributed by atoms with van der Waals surface area (Å²) in [6, 6.07) is 9.53. The summed E-state index contributed by atoms with van der Waals surface area (Å²) in [6.07, 6.45) is 0.392. The Kier molecular flexibility index (Phi) is 4.94. The van der Waals surface area contributed by atoms with Crippen LogP contribution >= 0.6 is 0 Å². The molecule has 2 N–H and O–H groups in total. The van der Waals surface area contributed by atoms with Gasteiger partial charge in [0.15, 0.2) is 0 Å². The zero-order valence-electron chi connectivity index (χ0n) is 12.6. The van der Waals surface area contributed by atoms with Crippen molar-refractivity contribution in [2.45, 2.75) is 25.8 Å².